The van der Waals surface area contributed by atoms with Crippen molar-refractivity contribution in [3.63, 3.8) is 0 Å². The lowest BCUT2D eigenvalue weighted by Crippen LogP contribution is -2.54. The van der Waals surface area contributed by atoms with Gasteiger partial charge in [-0.1, -0.05) is 30.3 Å². The van der Waals surface area contributed by atoms with Crippen LogP contribution < -0.4 is 21.9 Å². The third-order valence-electron chi connectivity index (χ3n) is 3.64. The highest BCUT2D eigenvalue weighted by Gasteiger charge is 2.21. The normalized spacial score (nSPS) is 11.5. The minimum absolute atomic E-state index is 0.0352. The number of nitrogens with one attached hydrogen (secondary N) is 3. The lowest BCUT2D eigenvalue weighted by atomic mass is 10.1. The van der Waals surface area contributed by atoms with Crippen molar-refractivity contribution in [1.29, 1.82) is 0 Å². The van der Waals surface area contributed by atoms with E-state index in [-0.39, 0.29) is 13.0 Å². The summed E-state index contributed by atoms with van der Waals surface area (Å²) < 4.78 is 1.53. The van der Waals surface area contributed by atoms with Crippen molar-refractivity contribution in [3.05, 3.63) is 53.3 Å². The molecule has 9 heteroatoms. The molecule has 9 nitrogen and oxygen atoms in total. The fraction of sp³-hybridized carbons (Fsp3) is 0.294. The van der Waals surface area contributed by atoms with Gasteiger partial charge in [-0.05, 0) is 25.5 Å². The third kappa shape index (κ3) is 5.62. The maximum atomic E-state index is 12.3. The van der Waals surface area contributed by atoms with Gasteiger partial charge < -0.3 is 11.1 Å². The summed E-state index contributed by atoms with van der Waals surface area (Å²) in [4.78, 5) is 35.4. The van der Waals surface area contributed by atoms with Crippen LogP contribution in [0.2, 0.25) is 0 Å². The van der Waals surface area contributed by atoms with E-state index in [9.17, 15) is 14.4 Å². The van der Waals surface area contributed by atoms with Crippen LogP contribution in [-0.2, 0) is 22.6 Å². The van der Waals surface area contributed by atoms with E-state index < -0.39 is 23.9 Å². The number of urea groups is 1. The molecule has 2 rings (SSSR count). The Bertz CT molecular complexity index is 787. The number of amides is 4. The maximum Gasteiger partial charge on any atom is 0.312 e. The third-order valence-corrected chi connectivity index (χ3v) is 3.64. The van der Waals surface area contributed by atoms with E-state index in [1.54, 1.807) is 0 Å². The quantitative estimate of drug-likeness (QED) is 0.538. The Morgan fingerprint density at radius 2 is 1.85 bits per heavy atom. The molecular weight excluding hydrogens is 336 g/mol. The number of nitrogens with zero attached hydrogens (tertiary/aromatic N) is 2. The number of rotatable bonds is 6. The van der Waals surface area contributed by atoms with Crippen LogP contribution in [0.25, 0.3) is 0 Å². The van der Waals surface area contributed by atoms with Gasteiger partial charge in [0.1, 0.15) is 12.6 Å². The molecule has 0 spiro atoms. The highest BCUT2D eigenvalue weighted by Crippen LogP contribution is 2.03. The molecule has 0 aliphatic rings. The highest BCUT2D eigenvalue weighted by molar-refractivity contribution is 5.88. The zero-order valence-electron chi connectivity index (χ0n) is 14.7. The first-order chi connectivity index (χ1) is 12.3. The number of aromatic nitrogens is 2. The standard InChI is InChI=1S/C17H22N6O3/c1-11-8-12(2)23(22-11)10-15(24)20-21-16(25)14(19-17(18)26)9-13-6-4-3-5-7-13/h3-8,14H,9-10H2,1-2H3,(H,20,24)(H,21,25)(H3,18,19,26). The molecule has 0 saturated carbocycles. The molecule has 0 saturated heterocycles. The monoisotopic (exact) mass is 358 g/mol. The van der Waals surface area contributed by atoms with Crippen molar-refractivity contribution in [2.24, 2.45) is 5.73 Å². The Kier molecular flexibility index (Phi) is 6.31. The van der Waals surface area contributed by atoms with Crippen LogP contribution in [0.1, 0.15) is 17.0 Å². The summed E-state index contributed by atoms with van der Waals surface area (Å²) in [6.45, 7) is 3.62. The topological polar surface area (TPSA) is 131 Å². The van der Waals surface area contributed by atoms with Crippen LogP contribution in [0.15, 0.2) is 36.4 Å². The summed E-state index contributed by atoms with van der Waals surface area (Å²) in [5, 5.41) is 6.55. The molecule has 1 aromatic heterocycles. The molecule has 1 heterocycles. The average molecular weight is 358 g/mol. The van der Waals surface area contributed by atoms with Crippen LogP contribution in [0, 0.1) is 13.8 Å². The summed E-state index contributed by atoms with van der Waals surface area (Å²) in [6, 6.07) is 9.25. The smallest absolute Gasteiger partial charge is 0.312 e. The Morgan fingerprint density at radius 3 is 2.42 bits per heavy atom. The molecular formula is C17H22N6O3. The van der Waals surface area contributed by atoms with Crippen molar-refractivity contribution in [2.75, 3.05) is 0 Å². The number of hydrazine groups is 1. The molecule has 4 amide bonds. The number of hydrogen-bond donors (Lipinski definition) is 4. The number of carbonyl (C=O) groups excluding carboxylic acids is 3. The molecule has 5 N–H and O–H groups in total. The van der Waals surface area contributed by atoms with E-state index in [2.05, 4.69) is 21.3 Å². The fourth-order valence-electron chi connectivity index (χ4n) is 2.46. The van der Waals surface area contributed by atoms with Gasteiger partial charge in [0.25, 0.3) is 11.8 Å². The first-order valence-corrected chi connectivity index (χ1v) is 8.05. The number of carbonyl (C=O) groups is 3. The molecule has 1 unspecified atom stereocenters. The van der Waals surface area contributed by atoms with Crippen molar-refractivity contribution < 1.29 is 14.4 Å². The van der Waals surface area contributed by atoms with Gasteiger partial charge in [0.15, 0.2) is 0 Å². The highest BCUT2D eigenvalue weighted by atomic mass is 16.2. The Hall–Kier alpha value is -3.36. The number of primary amides is 1. The van der Waals surface area contributed by atoms with Crippen LogP contribution in [0.3, 0.4) is 0 Å². The van der Waals surface area contributed by atoms with Gasteiger partial charge >= 0.3 is 6.03 Å². The maximum absolute atomic E-state index is 12.3. The van der Waals surface area contributed by atoms with Gasteiger partial charge in [-0.3, -0.25) is 25.1 Å². The van der Waals surface area contributed by atoms with Crippen LogP contribution in [0.5, 0.6) is 0 Å². The lowest BCUT2D eigenvalue weighted by molar-refractivity contribution is -0.130. The molecule has 1 atom stereocenters. The van der Waals surface area contributed by atoms with Gasteiger partial charge in [0.05, 0.1) is 5.69 Å². The first-order valence-electron chi connectivity index (χ1n) is 8.05. The average Bonchev–Trinajstić information content (AvgIpc) is 2.90. The number of aryl methyl sites for hydroxylation is 2. The zero-order valence-corrected chi connectivity index (χ0v) is 14.7. The summed E-state index contributed by atoms with van der Waals surface area (Å²) in [6.07, 6.45) is 0.239. The molecule has 0 aliphatic heterocycles. The van der Waals surface area contributed by atoms with Gasteiger partial charge in [-0.15, -0.1) is 0 Å². The molecule has 2 aromatic rings. The van der Waals surface area contributed by atoms with Crippen LogP contribution in [-0.4, -0.2) is 33.7 Å². The van der Waals surface area contributed by atoms with Crippen molar-refractivity contribution >= 4 is 17.8 Å². The molecule has 0 bridgehead atoms. The summed E-state index contributed by atoms with van der Waals surface area (Å²) in [5.41, 5.74) is 12.2. The molecule has 138 valence electrons. The van der Waals surface area contributed by atoms with E-state index in [0.29, 0.717) is 0 Å². The van der Waals surface area contributed by atoms with Crippen molar-refractivity contribution in [2.45, 2.75) is 32.9 Å². The van der Waals surface area contributed by atoms with E-state index in [0.717, 1.165) is 17.0 Å². The second-order valence-electron chi connectivity index (χ2n) is 5.87. The van der Waals surface area contributed by atoms with E-state index in [4.69, 9.17) is 5.73 Å². The van der Waals surface area contributed by atoms with Gasteiger partial charge in [0, 0.05) is 12.1 Å². The van der Waals surface area contributed by atoms with E-state index >= 15 is 0 Å². The Balaban J connectivity index is 1.92. The Morgan fingerprint density at radius 1 is 1.15 bits per heavy atom. The number of benzene rings is 1. The predicted octanol–water partition coefficient (Wildman–Crippen LogP) is -0.0731. The summed E-state index contributed by atoms with van der Waals surface area (Å²) in [7, 11) is 0. The summed E-state index contributed by atoms with van der Waals surface area (Å²) in [5.74, 6) is -1.02. The molecule has 1 aromatic carbocycles. The van der Waals surface area contributed by atoms with E-state index in [1.807, 2.05) is 50.2 Å². The van der Waals surface area contributed by atoms with E-state index in [1.165, 1.54) is 4.68 Å². The molecule has 26 heavy (non-hydrogen) atoms. The van der Waals surface area contributed by atoms with Crippen LogP contribution >= 0.6 is 0 Å². The SMILES string of the molecule is Cc1cc(C)n(CC(=O)NNC(=O)C(Cc2ccccc2)NC(N)=O)n1. The second-order valence-corrected chi connectivity index (χ2v) is 5.87. The van der Waals surface area contributed by atoms with Gasteiger partial charge in [-0.25, -0.2) is 4.79 Å². The van der Waals surface area contributed by atoms with Gasteiger partial charge in [-0.2, -0.15) is 5.10 Å². The minimum atomic E-state index is -0.913. The molecule has 0 radical (unpaired) electrons. The molecule has 0 aliphatic carbocycles. The second kappa shape index (κ2) is 8.65. The lowest BCUT2D eigenvalue weighted by Gasteiger charge is -2.18. The first kappa shape index (κ1) is 19.0. The van der Waals surface area contributed by atoms with Gasteiger partial charge in [0.2, 0.25) is 0 Å². The van der Waals surface area contributed by atoms with Crippen molar-refractivity contribution in [1.82, 2.24) is 25.9 Å². The number of hydrogen-bond acceptors (Lipinski definition) is 4. The fourth-order valence-corrected chi connectivity index (χ4v) is 2.46. The van der Waals surface area contributed by atoms with Crippen LogP contribution in [0.4, 0.5) is 4.79 Å². The number of nitrogens with two attached hydrogens (primary N) is 1. The van der Waals surface area contributed by atoms with Crippen molar-refractivity contribution in [3.8, 4) is 0 Å². The zero-order chi connectivity index (χ0) is 19.1. The minimum Gasteiger partial charge on any atom is -0.352 e. The predicted molar refractivity (Wildman–Crippen MR) is 94.6 cm³/mol. The summed E-state index contributed by atoms with van der Waals surface area (Å²) >= 11 is 0. The largest absolute Gasteiger partial charge is 0.352 e. The Labute approximate surface area is 150 Å². The molecule has 0 fully saturated rings.